The molecule has 0 atom stereocenters. The summed E-state index contributed by atoms with van der Waals surface area (Å²) >= 11 is 0. The molecule has 5 heterocycles. The van der Waals surface area contributed by atoms with Gasteiger partial charge in [0.15, 0.2) is 5.82 Å². The third kappa shape index (κ3) is 5.55. The summed E-state index contributed by atoms with van der Waals surface area (Å²) in [5.74, 6) is 0.585. The third-order valence-corrected chi connectivity index (χ3v) is 13.7. The monoisotopic (exact) mass is 840 g/mol. The molecule has 6 aromatic carbocycles. The molecule has 0 amide bonds. The third-order valence-electron chi connectivity index (χ3n) is 13.7. The van der Waals surface area contributed by atoms with E-state index in [4.69, 9.17) is 19.9 Å². The lowest BCUT2D eigenvalue weighted by atomic mass is 9.88. The molecule has 0 bridgehead atoms. The summed E-state index contributed by atoms with van der Waals surface area (Å²) in [5.41, 5.74) is 21.9. The molecule has 0 spiro atoms. The molecular weight excluding hydrogens is 805 g/mol. The zero-order valence-corrected chi connectivity index (χ0v) is 35.6. The summed E-state index contributed by atoms with van der Waals surface area (Å²) < 4.78 is 0. The molecule has 0 saturated heterocycles. The van der Waals surface area contributed by atoms with E-state index in [0.717, 1.165) is 79.8 Å². The van der Waals surface area contributed by atoms with Gasteiger partial charge in [0.1, 0.15) is 0 Å². The molecule has 0 aliphatic heterocycles. The van der Waals surface area contributed by atoms with Crippen molar-refractivity contribution in [3.63, 3.8) is 0 Å². The Bertz CT molecular complexity index is 3860. The van der Waals surface area contributed by atoms with E-state index in [2.05, 4.69) is 137 Å². The van der Waals surface area contributed by atoms with Crippen molar-refractivity contribution < 1.29 is 0 Å². The van der Waals surface area contributed by atoms with Gasteiger partial charge >= 0.3 is 0 Å². The predicted molar refractivity (Wildman–Crippen MR) is 268 cm³/mol. The largest absolute Gasteiger partial charge is 0.264 e. The standard InChI is InChI=1S/C60H36N6/c1-3-13-43-41(11-1)47-16-5-15-46-40(21-23-50(43)56(46)47)39-29-52(45-22-24-51-44-14-4-2-12-42(44)48-17-6-18-49(45)57(48)51)59-53(30-39)58(37-19-25-54(63-33-37)35-9-7-27-61-31-35)65-60(66-59)38-20-26-55(64-34-38)36-10-8-28-62-32-36/h1-2,4-12,14-34H,3,13H2. The van der Waals surface area contributed by atoms with E-state index in [-0.39, 0.29) is 0 Å². The molecule has 0 N–H and O–H groups in total. The fourth-order valence-electron chi connectivity index (χ4n) is 10.7. The van der Waals surface area contributed by atoms with E-state index >= 15 is 0 Å². The molecule has 6 heteroatoms. The van der Waals surface area contributed by atoms with E-state index in [0.29, 0.717) is 5.82 Å². The number of pyridine rings is 4. The fourth-order valence-corrected chi connectivity index (χ4v) is 10.7. The zero-order chi connectivity index (χ0) is 43.3. The van der Waals surface area contributed by atoms with E-state index in [1.165, 1.54) is 71.6 Å². The van der Waals surface area contributed by atoms with E-state index in [1.54, 1.807) is 12.4 Å². The van der Waals surface area contributed by atoms with Crippen LogP contribution < -0.4 is 0 Å². The van der Waals surface area contributed by atoms with Gasteiger partial charge in [-0.2, -0.15) is 0 Å². The van der Waals surface area contributed by atoms with Gasteiger partial charge in [-0.25, -0.2) is 9.97 Å². The maximum absolute atomic E-state index is 5.56. The zero-order valence-electron chi connectivity index (χ0n) is 35.6. The first-order chi connectivity index (χ1) is 32.7. The van der Waals surface area contributed by atoms with Crippen molar-refractivity contribution in [1.29, 1.82) is 0 Å². The SMILES string of the molecule is C1=CC2=C(CC1)c1ccc(-c3cc(-c4ccc5c6c(cccc46)-c4ccccc4-5)c4nc(-c5ccc(-c6cccnc6)nc5)nc(-c5ccc(-c6cccnc6)nc5)c4c3)c3cccc2c13. The lowest BCUT2D eigenvalue weighted by molar-refractivity contribution is 1.06. The molecule has 0 fully saturated rings. The number of hydrogen-bond donors (Lipinski definition) is 0. The van der Waals surface area contributed by atoms with Crippen molar-refractivity contribution >= 4 is 43.6 Å². The maximum atomic E-state index is 5.56. The minimum atomic E-state index is 0.585. The Balaban J connectivity index is 1.06. The van der Waals surface area contributed by atoms with Crippen LogP contribution >= 0.6 is 0 Å². The van der Waals surface area contributed by atoms with E-state index in [1.807, 2.05) is 55.1 Å². The molecule has 3 aliphatic rings. The number of hydrogen-bond acceptors (Lipinski definition) is 6. The van der Waals surface area contributed by atoms with Gasteiger partial charge in [-0.05, 0) is 156 Å². The first-order valence-electron chi connectivity index (χ1n) is 22.5. The molecule has 0 radical (unpaired) electrons. The Hall–Kier alpha value is -8.74. The Morgan fingerprint density at radius 1 is 0.394 bits per heavy atom. The minimum absolute atomic E-state index is 0.585. The highest BCUT2D eigenvalue weighted by Crippen LogP contribution is 2.52. The van der Waals surface area contributed by atoms with Crippen molar-refractivity contribution in [2.75, 3.05) is 0 Å². The molecule has 6 nitrogen and oxygen atoms in total. The maximum Gasteiger partial charge on any atom is 0.162 e. The quantitative estimate of drug-likeness (QED) is 0.166. The number of benzene rings is 6. The summed E-state index contributed by atoms with van der Waals surface area (Å²) in [5, 5.41) is 5.98. The number of allylic oxidation sites excluding steroid dienone is 4. The van der Waals surface area contributed by atoms with Crippen LogP contribution in [0.4, 0.5) is 0 Å². The van der Waals surface area contributed by atoms with Gasteiger partial charge in [-0.1, -0.05) is 97.1 Å². The van der Waals surface area contributed by atoms with Crippen molar-refractivity contribution in [3.05, 3.63) is 206 Å². The average Bonchev–Trinajstić information content (AvgIpc) is 3.90. The van der Waals surface area contributed by atoms with Crippen LogP contribution in [0.25, 0.3) is 133 Å². The Labute approximate surface area is 380 Å². The van der Waals surface area contributed by atoms with Crippen LogP contribution in [0.15, 0.2) is 195 Å². The van der Waals surface area contributed by atoms with Crippen LogP contribution in [0.5, 0.6) is 0 Å². The Morgan fingerprint density at radius 2 is 1.03 bits per heavy atom. The van der Waals surface area contributed by atoms with Crippen LogP contribution in [-0.4, -0.2) is 29.9 Å². The van der Waals surface area contributed by atoms with Crippen LogP contribution in [0.2, 0.25) is 0 Å². The highest BCUT2D eigenvalue weighted by molar-refractivity contribution is 6.22. The van der Waals surface area contributed by atoms with Gasteiger partial charge in [0, 0.05) is 70.4 Å². The second-order valence-corrected chi connectivity index (χ2v) is 17.3. The summed E-state index contributed by atoms with van der Waals surface area (Å²) in [6, 6.07) is 52.4. The van der Waals surface area contributed by atoms with Gasteiger partial charge in [-0.3, -0.25) is 19.9 Å². The number of aromatic nitrogens is 6. The smallest absolute Gasteiger partial charge is 0.162 e. The summed E-state index contributed by atoms with van der Waals surface area (Å²) in [6.45, 7) is 0. The Morgan fingerprint density at radius 3 is 1.74 bits per heavy atom. The topological polar surface area (TPSA) is 77.3 Å². The molecule has 0 unspecified atom stereocenters. The van der Waals surface area contributed by atoms with Crippen LogP contribution in [0.1, 0.15) is 24.0 Å². The van der Waals surface area contributed by atoms with Crippen molar-refractivity contribution in [3.8, 4) is 89.7 Å². The molecule has 306 valence electrons. The fraction of sp³-hybridized carbons (Fsp3) is 0.0333. The molecule has 14 rings (SSSR count). The van der Waals surface area contributed by atoms with Crippen molar-refractivity contribution in [1.82, 2.24) is 29.9 Å². The van der Waals surface area contributed by atoms with Crippen LogP contribution in [-0.2, 0) is 0 Å². The van der Waals surface area contributed by atoms with Gasteiger partial charge < -0.3 is 0 Å². The second-order valence-electron chi connectivity index (χ2n) is 17.3. The highest BCUT2D eigenvalue weighted by atomic mass is 14.9. The van der Waals surface area contributed by atoms with Gasteiger partial charge in [0.05, 0.1) is 22.6 Å². The average molecular weight is 841 g/mol. The van der Waals surface area contributed by atoms with E-state index < -0.39 is 0 Å². The van der Waals surface area contributed by atoms with Crippen molar-refractivity contribution in [2.24, 2.45) is 0 Å². The van der Waals surface area contributed by atoms with Crippen molar-refractivity contribution in [2.45, 2.75) is 12.8 Å². The number of fused-ring (bicyclic) bond motifs is 6. The number of nitrogens with zero attached hydrogens (tertiary/aromatic N) is 6. The summed E-state index contributed by atoms with van der Waals surface area (Å²) in [7, 11) is 0. The lowest BCUT2D eigenvalue weighted by Crippen LogP contribution is -1.99. The highest BCUT2D eigenvalue weighted by Gasteiger charge is 2.28. The first-order valence-corrected chi connectivity index (χ1v) is 22.5. The predicted octanol–water partition coefficient (Wildman–Crippen LogP) is 14.7. The second kappa shape index (κ2) is 14.4. The molecule has 66 heavy (non-hydrogen) atoms. The van der Waals surface area contributed by atoms with Gasteiger partial charge in [0.2, 0.25) is 0 Å². The summed E-state index contributed by atoms with van der Waals surface area (Å²) in [4.78, 5) is 29.6. The van der Waals surface area contributed by atoms with Crippen LogP contribution in [0.3, 0.4) is 0 Å². The molecule has 5 aromatic heterocycles. The van der Waals surface area contributed by atoms with Crippen LogP contribution in [0, 0.1) is 0 Å². The molecule has 3 aliphatic carbocycles. The number of rotatable bonds is 6. The normalized spacial score (nSPS) is 13.2. The summed E-state index contributed by atoms with van der Waals surface area (Å²) in [6.07, 6.45) is 17.8. The van der Waals surface area contributed by atoms with E-state index in [9.17, 15) is 0 Å². The lowest BCUT2D eigenvalue weighted by Gasteiger charge is -2.18. The van der Waals surface area contributed by atoms with Gasteiger partial charge in [0.25, 0.3) is 0 Å². The molecule has 11 aromatic rings. The molecule has 0 saturated carbocycles. The molecular formula is C60H36N6. The Kier molecular flexibility index (Phi) is 8.01. The minimum Gasteiger partial charge on any atom is -0.264 e. The van der Waals surface area contributed by atoms with Gasteiger partial charge in [-0.15, -0.1) is 0 Å². The first kappa shape index (κ1) is 36.7.